The molecule has 0 bridgehead atoms. The summed E-state index contributed by atoms with van der Waals surface area (Å²) in [6.45, 7) is 0.137. The molecule has 0 aliphatic carbocycles. The number of nitrogens with zero attached hydrogens (tertiary/aromatic N) is 2. The van der Waals surface area contributed by atoms with Crippen molar-refractivity contribution >= 4 is 27.3 Å². The van der Waals surface area contributed by atoms with E-state index in [9.17, 15) is 13.2 Å². The first kappa shape index (κ1) is 24.0. The fraction of sp³-hybridized carbons (Fsp3) is 0.107. The van der Waals surface area contributed by atoms with E-state index in [0.717, 1.165) is 11.3 Å². The van der Waals surface area contributed by atoms with Crippen LogP contribution in [0.15, 0.2) is 114 Å². The van der Waals surface area contributed by atoms with E-state index in [0.29, 0.717) is 11.4 Å². The third-order valence-electron chi connectivity index (χ3n) is 5.65. The van der Waals surface area contributed by atoms with E-state index >= 15 is 0 Å². The molecule has 0 spiro atoms. The Balaban J connectivity index is 1.71. The molecular formula is C28H26N2O4S. The molecule has 35 heavy (non-hydrogen) atoms. The number of methoxy groups -OCH3 is 1. The maximum Gasteiger partial charge on any atom is 0.264 e. The molecular weight excluding hydrogens is 460 g/mol. The summed E-state index contributed by atoms with van der Waals surface area (Å²) in [5.41, 5.74) is 2.33. The summed E-state index contributed by atoms with van der Waals surface area (Å²) in [7, 11) is -0.774. The van der Waals surface area contributed by atoms with Crippen LogP contribution in [0.4, 0.5) is 11.4 Å². The number of carbonyl (C=O) groups is 1. The van der Waals surface area contributed by atoms with Gasteiger partial charge >= 0.3 is 0 Å². The number of ether oxygens (including phenoxy) is 1. The standard InChI is InChI=1S/C28H26N2O4S/c1-29(24-13-7-4-8-14-24)28(31)23-12-9-15-27(20-23)35(32,33)30(21-22-10-5-3-6-11-22)25-16-18-26(34-2)19-17-25/h3-20H,21H2,1-2H3. The quantitative estimate of drug-likeness (QED) is 0.336. The Bertz CT molecular complexity index is 1390. The summed E-state index contributed by atoms with van der Waals surface area (Å²) < 4.78 is 34.3. The second kappa shape index (κ2) is 10.4. The first-order valence-corrected chi connectivity index (χ1v) is 12.5. The van der Waals surface area contributed by atoms with Gasteiger partial charge in [0, 0.05) is 18.3 Å². The predicted molar refractivity (Wildman–Crippen MR) is 138 cm³/mol. The summed E-state index contributed by atoms with van der Waals surface area (Å²) in [5.74, 6) is 0.328. The van der Waals surface area contributed by atoms with Crippen molar-refractivity contribution < 1.29 is 17.9 Å². The number of carbonyl (C=O) groups excluding carboxylic acids is 1. The van der Waals surface area contributed by atoms with Crippen LogP contribution in [0.2, 0.25) is 0 Å². The molecule has 4 rings (SSSR count). The highest BCUT2D eigenvalue weighted by Gasteiger charge is 2.27. The van der Waals surface area contributed by atoms with Crippen LogP contribution in [0.1, 0.15) is 15.9 Å². The second-order valence-corrected chi connectivity index (χ2v) is 9.79. The summed E-state index contributed by atoms with van der Waals surface area (Å²) in [5, 5.41) is 0. The van der Waals surface area contributed by atoms with E-state index in [-0.39, 0.29) is 22.9 Å². The van der Waals surface area contributed by atoms with Crippen LogP contribution < -0.4 is 13.9 Å². The minimum absolute atomic E-state index is 0.0385. The van der Waals surface area contributed by atoms with Gasteiger partial charge in [-0.15, -0.1) is 0 Å². The van der Waals surface area contributed by atoms with Gasteiger partial charge in [-0.25, -0.2) is 8.42 Å². The van der Waals surface area contributed by atoms with Gasteiger partial charge < -0.3 is 9.64 Å². The van der Waals surface area contributed by atoms with Crippen molar-refractivity contribution in [3.05, 3.63) is 120 Å². The van der Waals surface area contributed by atoms with Crippen molar-refractivity contribution in [2.75, 3.05) is 23.4 Å². The minimum Gasteiger partial charge on any atom is -0.497 e. The molecule has 0 saturated carbocycles. The van der Waals surface area contributed by atoms with Gasteiger partial charge in [0.15, 0.2) is 0 Å². The minimum atomic E-state index is -4.00. The molecule has 7 heteroatoms. The van der Waals surface area contributed by atoms with Crippen LogP contribution in [0, 0.1) is 0 Å². The molecule has 0 aromatic heterocycles. The van der Waals surface area contributed by atoms with Crippen LogP contribution in [-0.4, -0.2) is 28.5 Å². The molecule has 0 fully saturated rings. The van der Waals surface area contributed by atoms with E-state index in [1.807, 2.05) is 60.7 Å². The van der Waals surface area contributed by atoms with Crippen LogP contribution in [0.25, 0.3) is 0 Å². The third kappa shape index (κ3) is 5.36. The highest BCUT2D eigenvalue weighted by Crippen LogP contribution is 2.28. The number of amides is 1. The Morgan fingerprint density at radius 2 is 1.40 bits per heavy atom. The smallest absolute Gasteiger partial charge is 0.264 e. The number of anilines is 2. The number of para-hydroxylation sites is 1. The summed E-state index contributed by atoms with van der Waals surface area (Å²) in [6, 6.07) is 31.6. The molecule has 0 unspecified atom stereocenters. The number of hydrogen-bond acceptors (Lipinski definition) is 4. The largest absolute Gasteiger partial charge is 0.497 e. The highest BCUT2D eigenvalue weighted by atomic mass is 32.2. The lowest BCUT2D eigenvalue weighted by Crippen LogP contribution is -2.31. The monoisotopic (exact) mass is 486 g/mol. The highest BCUT2D eigenvalue weighted by molar-refractivity contribution is 7.92. The van der Waals surface area contributed by atoms with Gasteiger partial charge in [0.1, 0.15) is 5.75 Å². The second-order valence-electron chi connectivity index (χ2n) is 7.92. The van der Waals surface area contributed by atoms with Gasteiger partial charge in [-0.05, 0) is 60.2 Å². The Labute approximate surface area is 206 Å². The molecule has 0 heterocycles. The topological polar surface area (TPSA) is 66.9 Å². The molecule has 0 N–H and O–H groups in total. The summed E-state index contributed by atoms with van der Waals surface area (Å²) in [4.78, 5) is 14.7. The molecule has 1 amide bonds. The Morgan fingerprint density at radius 3 is 2.03 bits per heavy atom. The van der Waals surface area contributed by atoms with Crippen LogP contribution in [0.3, 0.4) is 0 Å². The van der Waals surface area contributed by atoms with E-state index < -0.39 is 10.0 Å². The molecule has 0 aliphatic heterocycles. The van der Waals surface area contributed by atoms with Gasteiger partial charge in [0.05, 0.1) is 24.2 Å². The lowest BCUT2D eigenvalue weighted by molar-refractivity contribution is 0.0993. The van der Waals surface area contributed by atoms with Crippen molar-refractivity contribution in [1.29, 1.82) is 0 Å². The first-order chi connectivity index (χ1) is 16.9. The SMILES string of the molecule is COc1ccc(N(Cc2ccccc2)S(=O)(=O)c2cccc(C(=O)N(C)c3ccccc3)c2)cc1. The average Bonchev–Trinajstić information content (AvgIpc) is 2.92. The summed E-state index contributed by atoms with van der Waals surface area (Å²) in [6.07, 6.45) is 0. The molecule has 4 aromatic carbocycles. The molecule has 0 saturated heterocycles. The maximum absolute atomic E-state index is 13.9. The normalized spacial score (nSPS) is 11.0. The lowest BCUT2D eigenvalue weighted by atomic mass is 10.2. The zero-order chi connectivity index (χ0) is 24.8. The maximum atomic E-state index is 13.9. The van der Waals surface area contributed by atoms with Crippen LogP contribution >= 0.6 is 0 Å². The number of sulfonamides is 1. The van der Waals surface area contributed by atoms with Crippen molar-refractivity contribution in [2.24, 2.45) is 0 Å². The lowest BCUT2D eigenvalue weighted by Gasteiger charge is -2.25. The molecule has 0 radical (unpaired) electrons. The number of benzene rings is 4. The zero-order valence-corrected chi connectivity index (χ0v) is 20.4. The summed E-state index contributed by atoms with van der Waals surface area (Å²) >= 11 is 0. The number of rotatable bonds is 8. The van der Waals surface area contributed by atoms with Crippen molar-refractivity contribution in [1.82, 2.24) is 0 Å². The Morgan fingerprint density at radius 1 is 0.771 bits per heavy atom. The number of hydrogen-bond donors (Lipinski definition) is 0. The Kier molecular flexibility index (Phi) is 7.17. The molecule has 178 valence electrons. The van der Waals surface area contributed by atoms with Crippen LogP contribution in [0.5, 0.6) is 5.75 Å². The van der Waals surface area contributed by atoms with Gasteiger partial charge in [-0.3, -0.25) is 9.10 Å². The zero-order valence-electron chi connectivity index (χ0n) is 19.5. The van der Waals surface area contributed by atoms with Gasteiger partial charge in [-0.2, -0.15) is 0 Å². The van der Waals surface area contributed by atoms with Crippen molar-refractivity contribution in [2.45, 2.75) is 11.4 Å². The van der Waals surface area contributed by atoms with Crippen molar-refractivity contribution in [3.8, 4) is 5.75 Å². The van der Waals surface area contributed by atoms with E-state index in [1.165, 1.54) is 21.3 Å². The molecule has 4 aromatic rings. The van der Waals surface area contributed by atoms with Crippen LogP contribution in [-0.2, 0) is 16.6 Å². The van der Waals surface area contributed by atoms with E-state index in [2.05, 4.69) is 0 Å². The van der Waals surface area contributed by atoms with Gasteiger partial charge in [0.25, 0.3) is 15.9 Å². The molecule has 0 aliphatic rings. The van der Waals surface area contributed by atoms with Gasteiger partial charge in [-0.1, -0.05) is 54.6 Å². The molecule has 6 nitrogen and oxygen atoms in total. The van der Waals surface area contributed by atoms with E-state index in [4.69, 9.17) is 4.74 Å². The van der Waals surface area contributed by atoms with Gasteiger partial charge in [0.2, 0.25) is 0 Å². The Hall–Kier alpha value is -4.10. The van der Waals surface area contributed by atoms with Crippen molar-refractivity contribution in [3.63, 3.8) is 0 Å². The fourth-order valence-electron chi connectivity index (χ4n) is 3.69. The fourth-order valence-corrected chi connectivity index (χ4v) is 5.19. The molecule has 0 atom stereocenters. The first-order valence-electron chi connectivity index (χ1n) is 11.0. The predicted octanol–water partition coefficient (Wildman–Crippen LogP) is 5.37. The third-order valence-corrected chi connectivity index (χ3v) is 7.42. The average molecular weight is 487 g/mol. The van der Waals surface area contributed by atoms with E-state index in [1.54, 1.807) is 50.6 Å².